The first-order valence-corrected chi connectivity index (χ1v) is 10.2. The van der Waals surface area contributed by atoms with Crippen molar-refractivity contribution in [3.63, 3.8) is 0 Å². The Hall–Kier alpha value is -2.22. The smallest absolute Gasteiger partial charge is 0.266 e. The van der Waals surface area contributed by atoms with Gasteiger partial charge in [-0.3, -0.25) is 9.69 Å². The molecule has 1 aromatic heterocycles. The highest BCUT2D eigenvalue weighted by atomic mass is 35.5. The minimum atomic E-state index is -0.482. The first-order valence-electron chi connectivity index (χ1n) is 9.38. The number of halogens is 2. The third-order valence-electron chi connectivity index (χ3n) is 4.54. The zero-order chi connectivity index (χ0) is 19.9. The van der Waals surface area contributed by atoms with Crippen LogP contribution in [0.5, 0.6) is 5.75 Å². The van der Waals surface area contributed by atoms with Crippen molar-refractivity contribution in [2.24, 2.45) is 0 Å². The van der Waals surface area contributed by atoms with Crippen LogP contribution in [-0.2, 0) is 4.79 Å². The van der Waals surface area contributed by atoms with Gasteiger partial charge < -0.3 is 9.64 Å². The van der Waals surface area contributed by atoms with Crippen LogP contribution < -0.4 is 9.64 Å². The van der Waals surface area contributed by atoms with Crippen molar-refractivity contribution >= 4 is 45.0 Å². The Labute approximate surface area is 180 Å². The molecule has 3 rings (SSSR count). The number of nitrogens with zero attached hydrogens (tertiary/aromatic N) is 3. The predicted molar refractivity (Wildman–Crippen MR) is 119 cm³/mol. The highest BCUT2D eigenvalue weighted by Crippen LogP contribution is 2.28. The van der Waals surface area contributed by atoms with Gasteiger partial charge >= 0.3 is 0 Å². The van der Waals surface area contributed by atoms with E-state index in [9.17, 15) is 9.18 Å². The summed E-state index contributed by atoms with van der Waals surface area (Å²) in [4.78, 5) is 21.4. The molecule has 29 heavy (non-hydrogen) atoms. The lowest BCUT2D eigenvalue weighted by atomic mass is 10.3. The van der Waals surface area contributed by atoms with Gasteiger partial charge in [-0.25, -0.2) is 9.37 Å². The maximum Gasteiger partial charge on any atom is 0.266 e. The molecule has 8 heteroatoms. The Morgan fingerprint density at radius 3 is 2.45 bits per heavy atom. The molecule has 0 fully saturated rings. The number of hydrogen-bond donors (Lipinski definition) is 0. The number of aromatic nitrogens is 1. The molecule has 0 unspecified atom stereocenters. The summed E-state index contributed by atoms with van der Waals surface area (Å²) in [6, 6.07) is 13.9. The van der Waals surface area contributed by atoms with Crippen molar-refractivity contribution in [1.82, 2.24) is 9.88 Å². The molecule has 0 atom stereocenters. The Morgan fingerprint density at radius 2 is 1.76 bits per heavy atom. The number of ether oxygens (including phenoxy) is 1. The van der Waals surface area contributed by atoms with Crippen molar-refractivity contribution < 1.29 is 13.9 Å². The average Bonchev–Trinajstić information content (AvgIpc) is 3.14. The molecule has 1 heterocycles. The number of rotatable bonds is 9. The fourth-order valence-corrected chi connectivity index (χ4v) is 3.87. The number of benzene rings is 2. The number of thiazole rings is 1. The van der Waals surface area contributed by atoms with Crippen LogP contribution in [0.15, 0.2) is 48.5 Å². The van der Waals surface area contributed by atoms with E-state index in [2.05, 4.69) is 23.7 Å². The molecule has 5 nitrogen and oxygen atoms in total. The SMILES string of the molecule is CCN(CC)CCN(C(=O)COc1ccccc1F)c1nc2ccccc2s1.Cl. The van der Waals surface area contributed by atoms with Gasteiger partial charge in [-0.1, -0.05) is 49.4 Å². The summed E-state index contributed by atoms with van der Waals surface area (Å²) in [5.41, 5.74) is 0.859. The maximum absolute atomic E-state index is 13.8. The van der Waals surface area contributed by atoms with E-state index in [4.69, 9.17) is 4.74 Å². The second-order valence-corrected chi connectivity index (χ2v) is 7.26. The molecule has 0 bridgehead atoms. The van der Waals surface area contributed by atoms with Crippen molar-refractivity contribution in [1.29, 1.82) is 0 Å². The fraction of sp³-hybridized carbons (Fsp3) is 0.333. The third kappa shape index (κ3) is 5.88. The lowest BCUT2D eigenvalue weighted by molar-refractivity contribution is -0.120. The van der Waals surface area contributed by atoms with Crippen LogP contribution in [0.4, 0.5) is 9.52 Å². The molecule has 156 valence electrons. The van der Waals surface area contributed by atoms with Crippen molar-refractivity contribution in [2.75, 3.05) is 37.7 Å². The fourth-order valence-electron chi connectivity index (χ4n) is 2.86. The van der Waals surface area contributed by atoms with Crippen LogP contribution >= 0.6 is 23.7 Å². The Kier molecular flexibility index (Phi) is 8.82. The van der Waals surface area contributed by atoms with Crippen LogP contribution in [-0.4, -0.2) is 48.6 Å². The highest BCUT2D eigenvalue weighted by molar-refractivity contribution is 7.22. The lowest BCUT2D eigenvalue weighted by Crippen LogP contribution is -2.41. The Bertz CT molecular complexity index is 900. The Balaban J connectivity index is 0.00000300. The van der Waals surface area contributed by atoms with E-state index < -0.39 is 5.82 Å². The van der Waals surface area contributed by atoms with Crippen molar-refractivity contribution in [3.05, 3.63) is 54.3 Å². The number of amides is 1. The van der Waals surface area contributed by atoms with Gasteiger partial charge in [-0.2, -0.15) is 0 Å². The number of carbonyl (C=O) groups is 1. The van der Waals surface area contributed by atoms with E-state index in [1.165, 1.54) is 23.5 Å². The number of para-hydroxylation sites is 2. The molecule has 0 aliphatic rings. The molecule has 0 spiro atoms. The summed E-state index contributed by atoms with van der Waals surface area (Å²) in [6.07, 6.45) is 0. The normalized spacial score (nSPS) is 10.8. The average molecular weight is 438 g/mol. The molecule has 0 radical (unpaired) electrons. The predicted octanol–water partition coefficient (Wildman–Crippen LogP) is 4.61. The monoisotopic (exact) mass is 437 g/mol. The zero-order valence-corrected chi connectivity index (χ0v) is 18.1. The second kappa shape index (κ2) is 11.1. The maximum atomic E-state index is 13.8. The first-order chi connectivity index (χ1) is 13.6. The molecule has 0 aliphatic carbocycles. The second-order valence-electron chi connectivity index (χ2n) is 6.26. The van der Waals surface area contributed by atoms with Crippen LogP contribution in [0.25, 0.3) is 10.2 Å². The van der Waals surface area contributed by atoms with Gasteiger partial charge in [-0.15, -0.1) is 12.4 Å². The van der Waals surface area contributed by atoms with E-state index in [-0.39, 0.29) is 30.7 Å². The highest BCUT2D eigenvalue weighted by Gasteiger charge is 2.21. The van der Waals surface area contributed by atoms with Crippen molar-refractivity contribution in [3.8, 4) is 5.75 Å². The van der Waals surface area contributed by atoms with Gasteiger partial charge in [0, 0.05) is 13.1 Å². The summed E-state index contributed by atoms with van der Waals surface area (Å²) >= 11 is 1.47. The first kappa shape index (κ1) is 23.1. The van der Waals surface area contributed by atoms with Crippen LogP contribution in [0.2, 0.25) is 0 Å². The van der Waals surface area contributed by atoms with Gasteiger partial charge in [0.2, 0.25) is 0 Å². The van der Waals surface area contributed by atoms with Gasteiger partial charge in [0.25, 0.3) is 5.91 Å². The van der Waals surface area contributed by atoms with Crippen molar-refractivity contribution in [2.45, 2.75) is 13.8 Å². The largest absolute Gasteiger partial charge is 0.481 e. The molecule has 3 aromatic rings. The van der Waals surface area contributed by atoms with Crippen LogP contribution in [0.3, 0.4) is 0 Å². The molecular formula is C21H25ClFN3O2S. The molecule has 0 aliphatic heterocycles. The van der Waals surface area contributed by atoms with Gasteiger partial charge in [-0.05, 0) is 37.4 Å². The third-order valence-corrected chi connectivity index (χ3v) is 5.60. The van der Waals surface area contributed by atoms with E-state index in [1.54, 1.807) is 17.0 Å². The summed E-state index contributed by atoms with van der Waals surface area (Å²) in [5, 5.41) is 0.635. The number of anilines is 1. The van der Waals surface area contributed by atoms with Gasteiger partial charge in [0.15, 0.2) is 23.3 Å². The molecule has 1 amide bonds. The lowest BCUT2D eigenvalue weighted by Gasteiger charge is -2.24. The quantitative estimate of drug-likeness (QED) is 0.490. The molecule has 2 aromatic carbocycles. The minimum absolute atomic E-state index is 0. The molecule has 0 N–H and O–H groups in total. The van der Waals surface area contributed by atoms with E-state index >= 15 is 0 Å². The molecular weight excluding hydrogens is 413 g/mol. The van der Waals surface area contributed by atoms with E-state index in [0.29, 0.717) is 11.7 Å². The topological polar surface area (TPSA) is 45.7 Å². The van der Waals surface area contributed by atoms with Gasteiger partial charge in [0.05, 0.1) is 10.2 Å². The minimum Gasteiger partial charge on any atom is -0.481 e. The standard InChI is InChI=1S/C21H24FN3O2S.ClH/c1-3-24(4-2)13-14-25(21-23-17-10-6-8-12-19(17)28-21)20(26)15-27-18-11-7-5-9-16(18)22;/h5-12H,3-4,13-15H2,1-2H3;1H. The summed E-state index contributed by atoms with van der Waals surface area (Å²) < 4.78 is 20.2. The number of hydrogen-bond acceptors (Lipinski definition) is 5. The Morgan fingerprint density at radius 1 is 1.07 bits per heavy atom. The molecule has 0 saturated carbocycles. The van der Waals surface area contributed by atoms with Crippen LogP contribution in [0, 0.1) is 5.82 Å². The summed E-state index contributed by atoms with van der Waals surface area (Å²) in [7, 11) is 0. The summed E-state index contributed by atoms with van der Waals surface area (Å²) in [5.74, 6) is -0.650. The number of carbonyl (C=O) groups excluding carboxylic acids is 1. The van der Waals surface area contributed by atoms with Crippen LogP contribution in [0.1, 0.15) is 13.8 Å². The number of likely N-dealkylation sites (N-methyl/N-ethyl adjacent to an activating group) is 1. The molecule has 0 saturated heterocycles. The zero-order valence-electron chi connectivity index (χ0n) is 16.5. The van der Waals surface area contributed by atoms with Gasteiger partial charge in [0.1, 0.15) is 0 Å². The van der Waals surface area contributed by atoms with E-state index in [0.717, 1.165) is 29.9 Å². The number of fused-ring (bicyclic) bond motifs is 1. The summed E-state index contributed by atoms with van der Waals surface area (Å²) in [6.45, 7) is 6.99. The van der Waals surface area contributed by atoms with E-state index in [1.807, 2.05) is 24.3 Å².